The molecule has 0 aliphatic rings. The van der Waals surface area contributed by atoms with Crippen molar-refractivity contribution in [1.29, 1.82) is 0 Å². The molecule has 3 N–H and O–H groups in total. The van der Waals surface area contributed by atoms with Crippen molar-refractivity contribution in [2.24, 2.45) is 4.99 Å². The Bertz CT molecular complexity index is 643. The summed E-state index contributed by atoms with van der Waals surface area (Å²) in [6.45, 7) is 14.6. The molecule has 0 spiro atoms. The number of aromatic nitrogens is 1. The Morgan fingerprint density at radius 2 is 1.86 bits per heavy atom. The third kappa shape index (κ3) is 8.63. The average molecular weight is 396 g/mol. The van der Waals surface area contributed by atoms with Crippen LogP contribution in [0.15, 0.2) is 15.6 Å². The summed E-state index contributed by atoms with van der Waals surface area (Å²) in [7, 11) is 1.69. The first-order valence-corrected chi connectivity index (χ1v) is 9.90. The van der Waals surface area contributed by atoms with Gasteiger partial charge in [-0.3, -0.25) is 4.99 Å². The first kappa shape index (κ1) is 23.8. The minimum Gasteiger partial charge on any atom is -0.444 e. The van der Waals surface area contributed by atoms with Gasteiger partial charge in [0, 0.05) is 25.6 Å². The van der Waals surface area contributed by atoms with Gasteiger partial charge in [-0.2, -0.15) is 0 Å². The molecule has 1 heterocycles. The normalized spacial score (nSPS) is 12.8. The lowest BCUT2D eigenvalue weighted by molar-refractivity contribution is 0.0474. The van der Waals surface area contributed by atoms with E-state index in [4.69, 9.17) is 9.26 Å². The second-order valence-corrected chi connectivity index (χ2v) is 8.52. The molecule has 1 aromatic rings. The molecule has 160 valence electrons. The lowest BCUT2D eigenvalue weighted by Gasteiger charge is -2.29. The SMILES string of the molecule is CCC(CC)c1cc(CNC(=NC)NCC(C)(C)NC(=O)OC(C)(C)C)on1. The number of carbonyl (C=O) groups excluding carboxylic acids is 1. The van der Waals surface area contributed by atoms with E-state index in [9.17, 15) is 4.79 Å². The fourth-order valence-electron chi connectivity index (χ4n) is 2.63. The smallest absolute Gasteiger partial charge is 0.408 e. The van der Waals surface area contributed by atoms with Crippen LogP contribution in [0.3, 0.4) is 0 Å². The van der Waals surface area contributed by atoms with Crippen LogP contribution >= 0.6 is 0 Å². The van der Waals surface area contributed by atoms with Crippen molar-refractivity contribution in [2.45, 2.75) is 84.9 Å². The average Bonchev–Trinajstić information content (AvgIpc) is 3.02. The number of nitrogens with one attached hydrogen (secondary N) is 3. The maximum atomic E-state index is 12.0. The van der Waals surface area contributed by atoms with Crippen LogP contribution in [0, 0.1) is 0 Å². The van der Waals surface area contributed by atoms with Gasteiger partial charge in [-0.25, -0.2) is 4.79 Å². The second kappa shape index (κ2) is 10.3. The second-order valence-electron chi connectivity index (χ2n) is 8.52. The number of amides is 1. The van der Waals surface area contributed by atoms with Gasteiger partial charge in [0.1, 0.15) is 5.60 Å². The molecule has 0 aliphatic carbocycles. The molecule has 0 aromatic carbocycles. The van der Waals surface area contributed by atoms with Gasteiger partial charge in [0.15, 0.2) is 11.7 Å². The summed E-state index contributed by atoms with van der Waals surface area (Å²) >= 11 is 0. The molecule has 0 unspecified atom stereocenters. The molecule has 1 amide bonds. The predicted molar refractivity (Wildman–Crippen MR) is 111 cm³/mol. The van der Waals surface area contributed by atoms with Gasteiger partial charge in [-0.1, -0.05) is 19.0 Å². The van der Waals surface area contributed by atoms with E-state index in [0.29, 0.717) is 25.0 Å². The molecular weight excluding hydrogens is 358 g/mol. The Balaban J connectivity index is 2.51. The van der Waals surface area contributed by atoms with Crippen molar-refractivity contribution >= 4 is 12.1 Å². The highest BCUT2D eigenvalue weighted by Gasteiger charge is 2.24. The van der Waals surface area contributed by atoms with Gasteiger partial charge in [0.25, 0.3) is 0 Å². The monoisotopic (exact) mass is 395 g/mol. The zero-order valence-corrected chi connectivity index (χ0v) is 18.6. The quantitative estimate of drug-likeness (QED) is 0.460. The van der Waals surface area contributed by atoms with E-state index in [-0.39, 0.29) is 0 Å². The van der Waals surface area contributed by atoms with Crippen LogP contribution in [0.1, 0.15) is 78.7 Å². The molecule has 1 aromatic heterocycles. The molecule has 0 radical (unpaired) electrons. The van der Waals surface area contributed by atoms with Crippen LogP contribution in [-0.2, 0) is 11.3 Å². The maximum Gasteiger partial charge on any atom is 0.408 e. The van der Waals surface area contributed by atoms with Crippen LogP contribution in [0.2, 0.25) is 0 Å². The summed E-state index contributed by atoms with van der Waals surface area (Å²) in [5.74, 6) is 1.80. The summed E-state index contributed by atoms with van der Waals surface area (Å²) in [5.41, 5.74) is -0.0581. The van der Waals surface area contributed by atoms with Gasteiger partial charge < -0.3 is 25.2 Å². The number of ether oxygens (including phenoxy) is 1. The molecule has 28 heavy (non-hydrogen) atoms. The molecule has 0 aliphatic heterocycles. The van der Waals surface area contributed by atoms with Crippen LogP contribution in [0.25, 0.3) is 0 Å². The Labute approximate surface area is 168 Å². The predicted octanol–water partition coefficient (Wildman–Crippen LogP) is 3.55. The van der Waals surface area contributed by atoms with Crippen molar-refractivity contribution in [2.75, 3.05) is 13.6 Å². The first-order valence-electron chi connectivity index (χ1n) is 9.90. The summed E-state index contributed by atoms with van der Waals surface area (Å²) < 4.78 is 10.7. The number of nitrogens with zero attached hydrogens (tertiary/aromatic N) is 2. The number of aliphatic imine (C=N–C) groups is 1. The minimum atomic E-state index is -0.532. The van der Waals surface area contributed by atoms with E-state index in [1.165, 1.54) is 0 Å². The number of carbonyl (C=O) groups is 1. The topological polar surface area (TPSA) is 101 Å². The summed E-state index contributed by atoms with van der Waals surface area (Å²) in [4.78, 5) is 16.2. The molecule has 0 saturated carbocycles. The highest BCUT2D eigenvalue weighted by molar-refractivity contribution is 5.79. The number of alkyl carbamates (subject to hydrolysis) is 1. The molecule has 0 bridgehead atoms. The van der Waals surface area contributed by atoms with Crippen molar-refractivity contribution in [3.05, 3.63) is 17.5 Å². The van der Waals surface area contributed by atoms with Gasteiger partial charge in [0.2, 0.25) is 0 Å². The third-order valence-electron chi connectivity index (χ3n) is 4.17. The van der Waals surface area contributed by atoms with Crippen LogP contribution in [-0.4, -0.2) is 41.9 Å². The van der Waals surface area contributed by atoms with Crippen LogP contribution in [0.5, 0.6) is 0 Å². The van der Waals surface area contributed by atoms with E-state index in [1.54, 1.807) is 7.05 Å². The number of guanidine groups is 1. The Morgan fingerprint density at radius 3 is 2.39 bits per heavy atom. The zero-order chi connectivity index (χ0) is 21.4. The van der Waals surface area contributed by atoms with Crippen molar-refractivity contribution in [1.82, 2.24) is 21.1 Å². The van der Waals surface area contributed by atoms with Crippen LogP contribution in [0.4, 0.5) is 4.79 Å². The first-order chi connectivity index (χ1) is 13.0. The van der Waals surface area contributed by atoms with Gasteiger partial charge in [0.05, 0.1) is 17.8 Å². The third-order valence-corrected chi connectivity index (χ3v) is 4.17. The number of hydrogen-bond donors (Lipinski definition) is 3. The van der Waals surface area contributed by atoms with E-state index in [2.05, 4.69) is 39.9 Å². The Kier molecular flexibility index (Phi) is 8.78. The molecule has 0 saturated heterocycles. The summed E-state index contributed by atoms with van der Waals surface area (Å²) in [6.07, 6.45) is 1.63. The van der Waals surface area contributed by atoms with E-state index in [1.807, 2.05) is 40.7 Å². The molecule has 0 fully saturated rings. The number of hydrogen-bond acceptors (Lipinski definition) is 5. The lowest BCUT2D eigenvalue weighted by atomic mass is 9.99. The lowest BCUT2D eigenvalue weighted by Crippen LogP contribution is -2.54. The van der Waals surface area contributed by atoms with Crippen molar-refractivity contribution in [3.63, 3.8) is 0 Å². The highest BCUT2D eigenvalue weighted by atomic mass is 16.6. The minimum absolute atomic E-state index is 0.426. The van der Waals surface area contributed by atoms with E-state index >= 15 is 0 Å². The fourth-order valence-corrected chi connectivity index (χ4v) is 2.63. The summed E-state index contributed by atoms with van der Waals surface area (Å²) in [6, 6.07) is 1.99. The molecule has 8 nitrogen and oxygen atoms in total. The molecule has 8 heteroatoms. The molecule has 1 rings (SSSR count). The largest absolute Gasteiger partial charge is 0.444 e. The Morgan fingerprint density at radius 1 is 1.21 bits per heavy atom. The fraction of sp³-hybridized carbons (Fsp3) is 0.750. The van der Waals surface area contributed by atoms with Gasteiger partial charge >= 0.3 is 6.09 Å². The Hall–Kier alpha value is -2.25. The van der Waals surface area contributed by atoms with Crippen LogP contribution < -0.4 is 16.0 Å². The zero-order valence-electron chi connectivity index (χ0n) is 18.6. The van der Waals surface area contributed by atoms with Gasteiger partial charge in [-0.15, -0.1) is 0 Å². The van der Waals surface area contributed by atoms with E-state index < -0.39 is 17.2 Å². The van der Waals surface area contributed by atoms with E-state index in [0.717, 1.165) is 24.3 Å². The number of rotatable bonds is 8. The van der Waals surface area contributed by atoms with Gasteiger partial charge in [-0.05, 0) is 47.5 Å². The van der Waals surface area contributed by atoms with Crippen molar-refractivity contribution < 1.29 is 14.1 Å². The highest BCUT2D eigenvalue weighted by Crippen LogP contribution is 2.22. The maximum absolute atomic E-state index is 12.0. The molecule has 0 atom stereocenters. The standard InChI is InChI=1S/C20H37N5O3/c1-9-14(10-2)16-11-15(28-25-16)12-22-17(21-8)23-13-20(6,7)24-18(26)27-19(3,4)5/h11,14H,9-10,12-13H2,1-8H3,(H,24,26)(H2,21,22,23). The molecular formula is C20H37N5O3. The van der Waals surface area contributed by atoms with Crippen molar-refractivity contribution in [3.8, 4) is 0 Å². The summed E-state index contributed by atoms with van der Waals surface area (Å²) in [5, 5.41) is 13.4.